The molecule has 0 saturated carbocycles. The molecular weight excluding hydrogens is 144 g/mol. The summed E-state index contributed by atoms with van der Waals surface area (Å²) >= 11 is 0. The van der Waals surface area contributed by atoms with Crippen LogP contribution in [0.2, 0.25) is 0 Å². The molecule has 3 heteroatoms. The van der Waals surface area contributed by atoms with Crippen LogP contribution in [0.5, 0.6) is 0 Å². The number of carboxylic acids is 1. The van der Waals surface area contributed by atoms with Gasteiger partial charge in [0.1, 0.15) is 0 Å². The zero-order valence-corrected chi connectivity index (χ0v) is 6.50. The Morgan fingerprint density at radius 3 is 2.73 bits per heavy atom. The summed E-state index contributed by atoms with van der Waals surface area (Å²) in [6.45, 7) is 1.87. The van der Waals surface area contributed by atoms with E-state index in [-0.39, 0.29) is 0 Å². The van der Waals surface area contributed by atoms with Crippen molar-refractivity contribution < 1.29 is 15.0 Å². The summed E-state index contributed by atoms with van der Waals surface area (Å²) in [4.78, 5) is 10.5. The molecule has 0 heterocycles. The molecule has 0 aromatic carbocycles. The third-order valence-corrected chi connectivity index (χ3v) is 2.10. The average molecular weight is 156 g/mol. The van der Waals surface area contributed by atoms with E-state index in [1.165, 1.54) is 0 Å². The number of hydrogen-bond donors (Lipinski definition) is 2. The topological polar surface area (TPSA) is 57.5 Å². The molecule has 0 spiro atoms. The van der Waals surface area contributed by atoms with Gasteiger partial charge in [-0.25, -0.2) is 4.79 Å². The lowest BCUT2D eigenvalue weighted by Gasteiger charge is -2.04. The van der Waals surface area contributed by atoms with Crippen LogP contribution in [0.4, 0.5) is 0 Å². The molecule has 0 bridgehead atoms. The molecule has 1 rings (SSSR count). The summed E-state index contributed by atoms with van der Waals surface area (Å²) in [5.74, 6) is -0.876. The van der Waals surface area contributed by atoms with Gasteiger partial charge in [-0.2, -0.15) is 0 Å². The van der Waals surface area contributed by atoms with Crippen molar-refractivity contribution in [1.82, 2.24) is 0 Å². The quantitative estimate of drug-likeness (QED) is 0.625. The minimum Gasteiger partial charge on any atom is -0.478 e. The highest BCUT2D eigenvalue weighted by Crippen LogP contribution is 2.28. The van der Waals surface area contributed by atoms with E-state index in [4.69, 9.17) is 5.11 Å². The van der Waals surface area contributed by atoms with E-state index in [1.807, 2.05) is 6.92 Å². The number of carbonyl (C=O) groups is 1. The van der Waals surface area contributed by atoms with Crippen LogP contribution in [-0.4, -0.2) is 22.3 Å². The van der Waals surface area contributed by atoms with E-state index < -0.39 is 12.1 Å². The molecule has 0 radical (unpaired) electrons. The summed E-state index contributed by atoms with van der Waals surface area (Å²) in [5.41, 5.74) is 1.12. The molecule has 0 fully saturated rings. The Morgan fingerprint density at radius 1 is 1.73 bits per heavy atom. The van der Waals surface area contributed by atoms with Gasteiger partial charge in [-0.3, -0.25) is 0 Å². The molecule has 11 heavy (non-hydrogen) atoms. The van der Waals surface area contributed by atoms with Crippen molar-refractivity contribution in [3.05, 3.63) is 11.1 Å². The maximum absolute atomic E-state index is 10.5. The lowest BCUT2D eigenvalue weighted by Crippen LogP contribution is -2.06. The van der Waals surface area contributed by atoms with Crippen LogP contribution in [0.15, 0.2) is 11.1 Å². The van der Waals surface area contributed by atoms with Gasteiger partial charge in [-0.15, -0.1) is 0 Å². The van der Waals surface area contributed by atoms with E-state index in [1.54, 1.807) is 0 Å². The molecule has 3 nitrogen and oxygen atoms in total. The Kier molecular flexibility index (Phi) is 2.29. The van der Waals surface area contributed by atoms with Crippen molar-refractivity contribution in [3.8, 4) is 0 Å². The van der Waals surface area contributed by atoms with E-state index >= 15 is 0 Å². The third kappa shape index (κ3) is 1.43. The standard InChI is InChI=1S/C8H12O3/c1-2-5-6(8(10)11)3-4-7(5)9/h7,9H,2-4H2,1H3,(H,10,11). The lowest BCUT2D eigenvalue weighted by molar-refractivity contribution is -0.132. The van der Waals surface area contributed by atoms with Crippen molar-refractivity contribution in [2.75, 3.05) is 0 Å². The average Bonchev–Trinajstić information content (AvgIpc) is 2.30. The zero-order valence-electron chi connectivity index (χ0n) is 6.50. The second-order valence-corrected chi connectivity index (χ2v) is 2.72. The van der Waals surface area contributed by atoms with Crippen molar-refractivity contribution >= 4 is 5.97 Å². The monoisotopic (exact) mass is 156 g/mol. The Morgan fingerprint density at radius 2 is 2.36 bits per heavy atom. The minimum absolute atomic E-state index is 0.417. The van der Waals surface area contributed by atoms with Crippen molar-refractivity contribution in [2.45, 2.75) is 32.3 Å². The van der Waals surface area contributed by atoms with E-state index in [2.05, 4.69) is 0 Å². The highest BCUT2D eigenvalue weighted by Gasteiger charge is 2.25. The normalized spacial score (nSPS) is 24.4. The highest BCUT2D eigenvalue weighted by atomic mass is 16.4. The van der Waals surface area contributed by atoms with Gasteiger partial charge in [-0.05, 0) is 24.8 Å². The molecule has 0 amide bonds. The lowest BCUT2D eigenvalue weighted by atomic mass is 10.1. The molecule has 1 aliphatic rings. The number of hydrogen-bond acceptors (Lipinski definition) is 2. The largest absolute Gasteiger partial charge is 0.478 e. The first kappa shape index (κ1) is 8.27. The molecule has 1 atom stereocenters. The molecule has 0 aliphatic heterocycles. The Labute approximate surface area is 65.3 Å². The molecule has 0 aromatic rings. The van der Waals surface area contributed by atoms with Crippen molar-refractivity contribution in [1.29, 1.82) is 0 Å². The summed E-state index contributed by atoms with van der Waals surface area (Å²) in [5, 5.41) is 18.0. The molecule has 1 unspecified atom stereocenters. The van der Waals surface area contributed by atoms with Crippen LogP contribution in [0, 0.1) is 0 Å². The number of aliphatic hydroxyl groups is 1. The molecule has 1 aliphatic carbocycles. The van der Waals surface area contributed by atoms with E-state index in [0.29, 0.717) is 30.4 Å². The van der Waals surface area contributed by atoms with Gasteiger partial charge < -0.3 is 10.2 Å². The summed E-state index contributed by atoms with van der Waals surface area (Å²) in [6.07, 6.45) is 1.22. The van der Waals surface area contributed by atoms with Gasteiger partial charge in [0.25, 0.3) is 0 Å². The second kappa shape index (κ2) is 3.05. The first-order valence-electron chi connectivity index (χ1n) is 3.80. The fraction of sp³-hybridized carbons (Fsp3) is 0.625. The fourth-order valence-corrected chi connectivity index (χ4v) is 1.51. The summed E-state index contributed by atoms with van der Waals surface area (Å²) < 4.78 is 0. The Balaban J connectivity index is 2.88. The predicted molar refractivity (Wildman–Crippen MR) is 40.2 cm³/mol. The van der Waals surface area contributed by atoms with Gasteiger partial charge >= 0.3 is 5.97 Å². The smallest absolute Gasteiger partial charge is 0.331 e. The number of aliphatic carboxylic acids is 1. The molecule has 2 N–H and O–H groups in total. The van der Waals surface area contributed by atoms with Crippen molar-refractivity contribution in [2.24, 2.45) is 0 Å². The first-order chi connectivity index (χ1) is 5.16. The first-order valence-corrected chi connectivity index (χ1v) is 3.80. The summed E-state index contributed by atoms with van der Waals surface area (Å²) in [6, 6.07) is 0. The van der Waals surface area contributed by atoms with Gasteiger partial charge in [0.05, 0.1) is 6.10 Å². The number of rotatable bonds is 2. The Bertz CT molecular complexity index is 205. The predicted octanol–water partition coefficient (Wildman–Crippen LogP) is 0.932. The van der Waals surface area contributed by atoms with Gasteiger partial charge in [-0.1, -0.05) is 6.92 Å². The highest BCUT2D eigenvalue weighted by molar-refractivity contribution is 5.88. The van der Waals surface area contributed by atoms with Crippen LogP contribution < -0.4 is 0 Å². The molecule has 0 saturated heterocycles. The van der Waals surface area contributed by atoms with Crippen LogP contribution in [-0.2, 0) is 4.79 Å². The Hall–Kier alpha value is -0.830. The van der Waals surface area contributed by atoms with Gasteiger partial charge in [0, 0.05) is 5.57 Å². The number of aliphatic hydroxyl groups excluding tert-OH is 1. The third-order valence-electron chi connectivity index (χ3n) is 2.10. The molecule has 62 valence electrons. The van der Waals surface area contributed by atoms with Crippen molar-refractivity contribution in [3.63, 3.8) is 0 Å². The maximum Gasteiger partial charge on any atom is 0.331 e. The van der Waals surface area contributed by atoms with Gasteiger partial charge in [0.15, 0.2) is 0 Å². The maximum atomic E-state index is 10.5. The minimum atomic E-state index is -0.876. The van der Waals surface area contributed by atoms with Crippen LogP contribution in [0.25, 0.3) is 0 Å². The van der Waals surface area contributed by atoms with Crippen LogP contribution >= 0.6 is 0 Å². The van der Waals surface area contributed by atoms with E-state index in [0.717, 1.165) is 0 Å². The van der Waals surface area contributed by atoms with Gasteiger partial charge in [0.2, 0.25) is 0 Å². The zero-order chi connectivity index (χ0) is 8.43. The molecule has 0 aromatic heterocycles. The van der Waals surface area contributed by atoms with Crippen LogP contribution in [0.3, 0.4) is 0 Å². The van der Waals surface area contributed by atoms with Crippen LogP contribution in [0.1, 0.15) is 26.2 Å². The molecular formula is C8H12O3. The van der Waals surface area contributed by atoms with E-state index in [9.17, 15) is 9.90 Å². The second-order valence-electron chi connectivity index (χ2n) is 2.72. The summed E-state index contributed by atoms with van der Waals surface area (Å²) in [7, 11) is 0. The fourth-order valence-electron chi connectivity index (χ4n) is 1.51. The SMILES string of the molecule is CCC1=C(C(=O)O)CCC1O. The number of carboxylic acid groups (broad SMARTS) is 1.